The van der Waals surface area contributed by atoms with Crippen molar-refractivity contribution >= 4 is 35.0 Å². The molecule has 0 aliphatic rings. The van der Waals surface area contributed by atoms with Gasteiger partial charge in [-0.3, -0.25) is 0 Å². The average Bonchev–Trinajstić information content (AvgIpc) is 2.23. The van der Waals surface area contributed by atoms with Crippen LogP contribution in [0.5, 0.6) is 0 Å². The third-order valence-corrected chi connectivity index (χ3v) is 3.51. The molecule has 1 aromatic carbocycles. The van der Waals surface area contributed by atoms with Gasteiger partial charge in [0, 0.05) is 15.7 Å². The second-order valence-corrected chi connectivity index (χ2v) is 4.93. The largest absolute Gasteiger partial charge is 0.316 e. The van der Waals surface area contributed by atoms with E-state index in [1.54, 1.807) is 23.9 Å². The third kappa shape index (κ3) is 4.31. The van der Waals surface area contributed by atoms with Crippen LogP contribution in [0.1, 0.15) is 6.42 Å². The van der Waals surface area contributed by atoms with Crippen LogP contribution in [-0.4, -0.2) is 11.8 Å². The molecule has 1 rings (SSSR count). The minimum atomic E-state index is -0.407. The Labute approximate surface area is 103 Å². The molecule has 0 saturated carbocycles. The van der Waals surface area contributed by atoms with Crippen LogP contribution in [0.25, 0.3) is 0 Å². The van der Waals surface area contributed by atoms with Gasteiger partial charge in [-0.15, -0.1) is 11.8 Å². The SMILES string of the molecule is N#CC(N)CCSc1cc(Cl)ccc1Cl. The lowest BCUT2D eigenvalue weighted by atomic mass is 10.3. The van der Waals surface area contributed by atoms with Crippen molar-refractivity contribution in [3.63, 3.8) is 0 Å². The zero-order valence-electron chi connectivity index (χ0n) is 7.91. The highest BCUT2D eigenvalue weighted by atomic mass is 35.5. The number of benzene rings is 1. The summed E-state index contributed by atoms with van der Waals surface area (Å²) in [4.78, 5) is 0.925. The van der Waals surface area contributed by atoms with Crippen molar-refractivity contribution in [3.05, 3.63) is 28.2 Å². The highest BCUT2D eigenvalue weighted by molar-refractivity contribution is 7.99. The Morgan fingerprint density at radius 3 is 2.87 bits per heavy atom. The van der Waals surface area contributed by atoms with Crippen molar-refractivity contribution in [1.82, 2.24) is 0 Å². The van der Waals surface area contributed by atoms with Gasteiger partial charge in [0.25, 0.3) is 0 Å². The van der Waals surface area contributed by atoms with Gasteiger partial charge in [-0.05, 0) is 24.6 Å². The maximum Gasteiger partial charge on any atom is 0.0936 e. The normalized spacial score (nSPS) is 12.1. The number of nitriles is 1. The molecular weight excluding hydrogens is 251 g/mol. The minimum absolute atomic E-state index is 0.407. The molecule has 0 spiro atoms. The maximum atomic E-state index is 8.50. The van der Waals surface area contributed by atoms with Gasteiger partial charge in [0.05, 0.1) is 17.1 Å². The highest BCUT2D eigenvalue weighted by Gasteiger charge is 2.04. The average molecular weight is 261 g/mol. The first-order chi connectivity index (χ1) is 7.13. The summed E-state index contributed by atoms with van der Waals surface area (Å²) in [6.07, 6.45) is 0.643. The van der Waals surface area contributed by atoms with E-state index in [-0.39, 0.29) is 0 Å². The summed E-state index contributed by atoms with van der Waals surface area (Å²) in [5.74, 6) is 0.759. The Balaban J connectivity index is 2.51. The molecule has 0 aliphatic carbocycles. The van der Waals surface area contributed by atoms with Gasteiger partial charge < -0.3 is 5.73 Å². The standard InChI is InChI=1S/C10H10Cl2N2S/c11-7-1-2-9(12)10(5-7)15-4-3-8(14)6-13/h1-2,5,8H,3-4,14H2. The summed E-state index contributed by atoms with van der Waals surface area (Å²) >= 11 is 13.4. The molecule has 5 heteroatoms. The molecule has 0 aromatic heterocycles. The van der Waals surface area contributed by atoms with Crippen LogP contribution in [0, 0.1) is 11.3 Å². The van der Waals surface area contributed by atoms with Crippen LogP contribution >= 0.6 is 35.0 Å². The monoisotopic (exact) mass is 260 g/mol. The molecule has 0 heterocycles. The Hall–Kier alpha value is -0.400. The van der Waals surface area contributed by atoms with Crippen LogP contribution in [0.2, 0.25) is 10.0 Å². The zero-order chi connectivity index (χ0) is 11.3. The van der Waals surface area contributed by atoms with Crippen molar-refractivity contribution in [2.75, 3.05) is 5.75 Å². The number of thioether (sulfide) groups is 1. The molecule has 0 bridgehead atoms. The first kappa shape index (κ1) is 12.7. The van der Waals surface area contributed by atoms with Crippen LogP contribution in [0.15, 0.2) is 23.1 Å². The molecule has 0 fully saturated rings. The number of nitrogens with zero attached hydrogens (tertiary/aromatic N) is 1. The van der Waals surface area contributed by atoms with Crippen LogP contribution in [0.4, 0.5) is 0 Å². The smallest absolute Gasteiger partial charge is 0.0936 e. The predicted octanol–water partition coefficient (Wildman–Crippen LogP) is 3.33. The fraction of sp³-hybridized carbons (Fsp3) is 0.300. The summed E-state index contributed by atoms with van der Waals surface area (Å²) in [7, 11) is 0. The van der Waals surface area contributed by atoms with Gasteiger partial charge in [0.2, 0.25) is 0 Å². The quantitative estimate of drug-likeness (QED) is 0.846. The second-order valence-electron chi connectivity index (χ2n) is 2.95. The summed E-state index contributed by atoms with van der Waals surface area (Å²) in [6, 6.07) is 6.89. The van der Waals surface area contributed by atoms with Crippen molar-refractivity contribution in [3.8, 4) is 6.07 Å². The van der Waals surface area contributed by atoms with Crippen LogP contribution in [-0.2, 0) is 0 Å². The van der Waals surface area contributed by atoms with E-state index in [4.69, 9.17) is 34.2 Å². The zero-order valence-corrected chi connectivity index (χ0v) is 10.2. The molecule has 1 atom stereocenters. The Morgan fingerprint density at radius 1 is 1.47 bits per heavy atom. The lowest BCUT2D eigenvalue weighted by molar-refractivity contribution is 0.803. The Morgan fingerprint density at radius 2 is 2.20 bits per heavy atom. The van der Waals surface area contributed by atoms with Gasteiger partial charge in [-0.25, -0.2) is 0 Å². The van der Waals surface area contributed by atoms with E-state index in [2.05, 4.69) is 0 Å². The topological polar surface area (TPSA) is 49.8 Å². The van der Waals surface area contributed by atoms with E-state index in [0.29, 0.717) is 16.5 Å². The number of nitrogens with two attached hydrogens (primary N) is 1. The molecule has 0 amide bonds. The van der Waals surface area contributed by atoms with Gasteiger partial charge in [0.15, 0.2) is 0 Å². The van der Waals surface area contributed by atoms with Crippen LogP contribution in [0.3, 0.4) is 0 Å². The van der Waals surface area contributed by atoms with E-state index in [1.807, 2.05) is 12.1 Å². The van der Waals surface area contributed by atoms with E-state index in [9.17, 15) is 0 Å². The van der Waals surface area contributed by atoms with Gasteiger partial charge in [0.1, 0.15) is 0 Å². The van der Waals surface area contributed by atoms with E-state index < -0.39 is 6.04 Å². The molecule has 2 N–H and O–H groups in total. The first-order valence-electron chi connectivity index (χ1n) is 4.36. The maximum absolute atomic E-state index is 8.50. The van der Waals surface area contributed by atoms with Gasteiger partial charge in [-0.1, -0.05) is 23.2 Å². The number of halogens is 2. The second kappa shape index (κ2) is 6.24. The van der Waals surface area contributed by atoms with Gasteiger partial charge in [-0.2, -0.15) is 5.26 Å². The Bertz CT molecular complexity index is 376. The van der Waals surface area contributed by atoms with Gasteiger partial charge >= 0.3 is 0 Å². The van der Waals surface area contributed by atoms with E-state index >= 15 is 0 Å². The molecule has 15 heavy (non-hydrogen) atoms. The third-order valence-electron chi connectivity index (χ3n) is 1.75. The molecule has 0 radical (unpaired) electrons. The summed E-state index contributed by atoms with van der Waals surface area (Å²) in [5.41, 5.74) is 5.47. The fourth-order valence-electron chi connectivity index (χ4n) is 0.948. The van der Waals surface area contributed by atoms with Crippen LogP contribution < -0.4 is 5.73 Å². The summed E-state index contributed by atoms with van der Waals surface area (Å²) in [6.45, 7) is 0. The molecule has 80 valence electrons. The van der Waals surface area contributed by atoms with Crippen molar-refractivity contribution < 1.29 is 0 Å². The minimum Gasteiger partial charge on any atom is -0.316 e. The number of hydrogen-bond donors (Lipinski definition) is 1. The molecule has 2 nitrogen and oxygen atoms in total. The molecule has 1 unspecified atom stereocenters. The Kier molecular flexibility index (Phi) is 5.27. The summed E-state index contributed by atoms with van der Waals surface area (Å²) in [5, 5.41) is 9.83. The lowest BCUT2D eigenvalue weighted by Crippen LogP contribution is -2.17. The highest BCUT2D eigenvalue weighted by Crippen LogP contribution is 2.30. The van der Waals surface area contributed by atoms with Crippen molar-refractivity contribution in [2.24, 2.45) is 5.73 Å². The van der Waals surface area contributed by atoms with E-state index in [1.165, 1.54) is 0 Å². The predicted molar refractivity (Wildman–Crippen MR) is 65.4 cm³/mol. The molecule has 0 saturated heterocycles. The first-order valence-corrected chi connectivity index (χ1v) is 6.10. The molecular formula is C10H10Cl2N2S. The van der Waals surface area contributed by atoms with E-state index in [0.717, 1.165) is 10.6 Å². The molecule has 1 aromatic rings. The number of hydrogen-bond acceptors (Lipinski definition) is 3. The summed E-state index contributed by atoms with van der Waals surface area (Å²) < 4.78 is 0. The number of rotatable bonds is 4. The fourth-order valence-corrected chi connectivity index (χ4v) is 2.47. The molecule has 0 aliphatic heterocycles. The van der Waals surface area contributed by atoms with Crippen molar-refractivity contribution in [1.29, 1.82) is 5.26 Å². The van der Waals surface area contributed by atoms with Crippen molar-refractivity contribution in [2.45, 2.75) is 17.4 Å². The lowest BCUT2D eigenvalue weighted by Gasteiger charge is -2.05.